The lowest BCUT2D eigenvalue weighted by atomic mass is 10.3. The SMILES string of the molecule is C[S+](C)CCOc1ccccc1. The van der Waals surface area contributed by atoms with Gasteiger partial charge in [-0.25, -0.2) is 0 Å². The van der Waals surface area contributed by atoms with Crippen LogP contribution in [-0.2, 0) is 10.9 Å². The first kappa shape index (κ1) is 9.46. The van der Waals surface area contributed by atoms with Gasteiger partial charge in [0.15, 0.2) is 0 Å². The minimum atomic E-state index is 0.486. The summed E-state index contributed by atoms with van der Waals surface area (Å²) in [6.45, 7) is 0.833. The molecule has 1 aromatic rings. The lowest BCUT2D eigenvalue weighted by Gasteiger charge is -2.03. The first-order valence-electron chi connectivity index (χ1n) is 4.01. The molecule has 0 aliphatic carbocycles. The van der Waals surface area contributed by atoms with Crippen molar-refractivity contribution < 1.29 is 4.74 Å². The van der Waals surface area contributed by atoms with E-state index in [1.165, 1.54) is 0 Å². The van der Waals surface area contributed by atoms with Gasteiger partial charge in [0.25, 0.3) is 0 Å². The summed E-state index contributed by atoms with van der Waals surface area (Å²) in [7, 11) is 0.486. The maximum atomic E-state index is 5.52. The highest BCUT2D eigenvalue weighted by atomic mass is 32.2. The van der Waals surface area contributed by atoms with Gasteiger partial charge in [0, 0.05) is 0 Å². The van der Waals surface area contributed by atoms with Crippen LogP contribution in [0, 0.1) is 0 Å². The molecule has 1 aromatic carbocycles. The molecule has 0 atom stereocenters. The van der Waals surface area contributed by atoms with Crippen molar-refractivity contribution in [1.82, 2.24) is 0 Å². The van der Waals surface area contributed by atoms with E-state index in [0.29, 0.717) is 10.9 Å². The molecule has 0 N–H and O–H groups in total. The number of rotatable bonds is 4. The summed E-state index contributed by atoms with van der Waals surface area (Å²) in [5.41, 5.74) is 0. The Hall–Kier alpha value is -0.630. The summed E-state index contributed by atoms with van der Waals surface area (Å²) in [5.74, 6) is 2.12. The van der Waals surface area contributed by atoms with Crippen LogP contribution in [0.15, 0.2) is 30.3 Å². The number of hydrogen-bond acceptors (Lipinski definition) is 1. The molecule has 0 amide bonds. The molecule has 0 fully saturated rings. The Labute approximate surface area is 77.1 Å². The maximum absolute atomic E-state index is 5.52. The molecule has 66 valence electrons. The van der Waals surface area contributed by atoms with Gasteiger partial charge >= 0.3 is 0 Å². The van der Waals surface area contributed by atoms with Crippen LogP contribution in [0.1, 0.15) is 0 Å². The van der Waals surface area contributed by atoms with E-state index in [9.17, 15) is 0 Å². The molecule has 0 radical (unpaired) electrons. The zero-order valence-corrected chi connectivity index (χ0v) is 8.43. The van der Waals surface area contributed by atoms with E-state index in [1.54, 1.807) is 0 Å². The molecule has 0 saturated heterocycles. The van der Waals surface area contributed by atoms with Crippen molar-refractivity contribution >= 4 is 10.9 Å². The van der Waals surface area contributed by atoms with Crippen molar-refractivity contribution in [3.63, 3.8) is 0 Å². The van der Waals surface area contributed by atoms with Crippen molar-refractivity contribution in [1.29, 1.82) is 0 Å². The van der Waals surface area contributed by atoms with Gasteiger partial charge in [-0.2, -0.15) is 0 Å². The zero-order chi connectivity index (χ0) is 8.81. The van der Waals surface area contributed by atoms with Gasteiger partial charge < -0.3 is 4.74 Å². The fourth-order valence-electron chi connectivity index (χ4n) is 0.843. The Bertz CT molecular complexity index is 208. The minimum absolute atomic E-state index is 0.486. The molecule has 0 spiro atoms. The van der Waals surface area contributed by atoms with Crippen molar-refractivity contribution in [3.8, 4) is 5.75 Å². The predicted molar refractivity (Wildman–Crippen MR) is 56.0 cm³/mol. The lowest BCUT2D eigenvalue weighted by molar-refractivity contribution is 0.343. The molecule has 0 heterocycles. The first-order chi connectivity index (χ1) is 5.79. The van der Waals surface area contributed by atoms with Gasteiger partial charge in [0.05, 0.1) is 12.5 Å². The van der Waals surface area contributed by atoms with Crippen LogP contribution in [0.25, 0.3) is 0 Å². The molecular weight excluding hydrogens is 168 g/mol. The Morgan fingerprint density at radius 3 is 2.42 bits per heavy atom. The van der Waals surface area contributed by atoms with Crippen LogP contribution in [0.5, 0.6) is 5.75 Å². The third kappa shape index (κ3) is 3.67. The minimum Gasteiger partial charge on any atom is -0.489 e. The molecule has 1 rings (SSSR count). The van der Waals surface area contributed by atoms with E-state index in [2.05, 4.69) is 12.5 Å². The summed E-state index contributed by atoms with van der Waals surface area (Å²) in [6, 6.07) is 9.96. The van der Waals surface area contributed by atoms with E-state index < -0.39 is 0 Å². The Kier molecular flexibility index (Phi) is 4.01. The van der Waals surface area contributed by atoms with Crippen molar-refractivity contribution in [2.24, 2.45) is 0 Å². The smallest absolute Gasteiger partial charge is 0.141 e. The highest BCUT2D eigenvalue weighted by Crippen LogP contribution is 2.07. The molecule has 0 unspecified atom stereocenters. The second kappa shape index (κ2) is 5.09. The average Bonchev–Trinajstić information content (AvgIpc) is 2.05. The first-order valence-corrected chi connectivity index (χ1v) is 6.22. The predicted octanol–water partition coefficient (Wildman–Crippen LogP) is 1.94. The highest BCUT2D eigenvalue weighted by molar-refractivity contribution is 7.95. The van der Waals surface area contributed by atoms with Crippen LogP contribution in [-0.4, -0.2) is 24.9 Å². The molecule has 1 nitrogen and oxygen atoms in total. The highest BCUT2D eigenvalue weighted by Gasteiger charge is 2.01. The van der Waals surface area contributed by atoms with E-state index in [-0.39, 0.29) is 0 Å². The summed E-state index contributed by atoms with van der Waals surface area (Å²) in [5, 5.41) is 0. The molecular formula is C10H15OS+. The van der Waals surface area contributed by atoms with Gasteiger partial charge in [-0.15, -0.1) is 0 Å². The van der Waals surface area contributed by atoms with Gasteiger partial charge in [-0.05, 0) is 23.0 Å². The van der Waals surface area contributed by atoms with Crippen molar-refractivity contribution in [3.05, 3.63) is 30.3 Å². The Morgan fingerprint density at radius 2 is 1.83 bits per heavy atom. The van der Waals surface area contributed by atoms with Crippen molar-refractivity contribution in [2.75, 3.05) is 24.9 Å². The van der Waals surface area contributed by atoms with Gasteiger partial charge in [-0.3, -0.25) is 0 Å². The van der Waals surface area contributed by atoms with E-state index >= 15 is 0 Å². The number of hydrogen-bond donors (Lipinski definition) is 0. The van der Waals surface area contributed by atoms with E-state index in [1.807, 2.05) is 30.3 Å². The Morgan fingerprint density at radius 1 is 1.17 bits per heavy atom. The van der Waals surface area contributed by atoms with E-state index in [4.69, 9.17) is 4.74 Å². The molecule has 0 aliphatic rings. The summed E-state index contributed by atoms with van der Waals surface area (Å²) < 4.78 is 5.52. The van der Waals surface area contributed by atoms with Crippen LogP contribution >= 0.6 is 0 Å². The second-order valence-electron chi connectivity index (χ2n) is 2.85. The fraction of sp³-hybridized carbons (Fsp3) is 0.400. The standard InChI is InChI=1S/C10H15OS/c1-12(2)9-8-11-10-6-4-3-5-7-10/h3-7H,8-9H2,1-2H3/q+1. The average molecular weight is 183 g/mol. The van der Waals surface area contributed by atoms with Crippen LogP contribution in [0.2, 0.25) is 0 Å². The topological polar surface area (TPSA) is 9.23 Å². The Balaban J connectivity index is 2.25. The van der Waals surface area contributed by atoms with E-state index in [0.717, 1.165) is 18.1 Å². The largest absolute Gasteiger partial charge is 0.489 e. The van der Waals surface area contributed by atoms with Gasteiger partial charge in [0.1, 0.15) is 18.1 Å². The van der Waals surface area contributed by atoms with Crippen LogP contribution < -0.4 is 4.74 Å². The molecule has 2 heteroatoms. The summed E-state index contributed by atoms with van der Waals surface area (Å²) in [6.07, 6.45) is 4.46. The molecule has 0 bridgehead atoms. The van der Waals surface area contributed by atoms with Gasteiger partial charge in [0.2, 0.25) is 0 Å². The zero-order valence-electron chi connectivity index (χ0n) is 7.62. The second-order valence-corrected chi connectivity index (χ2v) is 5.23. The van der Waals surface area contributed by atoms with Crippen LogP contribution in [0.4, 0.5) is 0 Å². The lowest BCUT2D eigenvalue weighted by Crippen LogP contribution is -2.11. The number of ether oxygens (including phenoxy) is 1. The molecule has 0 aromatic heterocycles. The number of benzene rings is 1. The normalized spacial score (nSPS) is 10.2. The third-order valence-corrected chi connectivity index (χ3v) is 2.49. The van der Waals surface area contributed by atoms with Crippen molar-refractivity contribution in [2.45, 2.75) is 0 Å². The van der Waals surface area contributed by atoms with Gasteiger partial charge in [-0.1, -0.05) is 18.2 Å². The maximum Gasteiger partial charge on any atom is 0.141 e. The van der Waals surface area contributed by atoms with Crippen LogP contribution in [0.3, 0.4) is 0 Å². The quantitative estimate of drug-likeness (QED) is 0.648. The molecule has 0 saturated carbocycles. The summed E-state index contributed by atoms with van der Waals surface area (Å²) >= 11 is 0. The number of para-hydroxylation sites is 1. The summed E-state index contributed by atoms with van der Waals surface area (Å²) in [4.78, 5) is 0. The monoisotopic (exact) mass is 183 g/mol. The molecule has 0 aliphatic heterocycles. The third-order valence-electron chi connectivity index (χ3n) is 1.50. The molecule has 12 heavy (non-hydrogen) atoms. The fourth-order valence-corrected chi connectivity index (χ4v) is 1.26.